The number of amides is 2. The molecule has 3 rings (SSSR count). The van der Waals surface area contributed by atoms with Crippen LogP contribution in [0.5, 0.6) is 0 Å². The van der Waals surface area contributed by atoms with E-state index in [9.17, 15) is 9.59 Å². The van der Waals surface area contributed by atoms with Gasteiger partial charge in [0.2, 0.25) is 17.8 Å². The Morgan fingerprint density at radius 3 is 2.58 bits per heavy atom. The SMILES string of the molecule is [B]c1cnc(Nc2cccc(NC(=O)C(N)Cc3ccccc3)c2)nc1NCCNC(C)=O. The van der Waals surface area contributed by atoms with Gasteiger partial charge in [-0.3, -0.25) is 9.59 Å². The normalized spacial score (nSPS) is 11.3. The van der Waals surface area contributed by atoms with Crippen molar-refractivity contribution >= 4 is 48.3 Å². The first-order valence-electron chi connectivity index (χ1n) is 10.5. The van der Waals surface area contributed by atoms with Crippen LogP contribution in [0.3, 0.4) is 0 Å². The third-order valence-corrected chi connectivity index (χ3v) is 4.63. The van der Waals surface area contributed by atoms with Crippen molar-refractivity contribution in [1.29, 1.82) is 0 Å². The zero-order valence-corrected chi connectivity index (χ0v) is 18.3. The molecule has 0 saturated heterocycles. The van der Waals surface area contributed by atoms with Gasteiger partial charge in [0, 0.05) is 37.6 Å². The van der Waals surface area contributed by atoms with E-state index in [4.69, 9.17) is 13.6 Å². The number of aromatic nitrogens is 2. The van der Waals surface area contributed by atoms with Crippen molar-refractivity contribution in [3.8, 4) is 0 Å². The van der Waals surface area contributed by atoms with Gasteiger partial charge in [0.05, 0.1) is 6.04 Å². The molecule has 3 aromatic rings. The molecule has 0 bridgehead atoms. The van der Waals surface area contributed by atoms with E-state index < -0.39 is 6.04 Å². The molecule has 2 aromatic carbocycles. The first-order chi connectivity index (χ1) is 15.9. The largest absolute Gasteiger partial charge is 0.369 e. The lowest BCUT2D eigenvalue weighted by Crippen LogP contribution is -2.37. The van der Waals surface area contributed by atoms with E-state index in [1.54, 1.807) is 18.2 Å². The van der Waals surface area contributed by atoms with E-state index in [-0.39, 0.29) is 11.8 Å². The number of carbonyl (C=O) groups excluding carboxylic acids is 2. The first kappa shape index (κ1) is 23.7. The molecule has 1 unspecified atom stereocenters. The fraction of sp³-hybridized carbons (Fsp3) is 0.217. The fourth-order valence-electron chi connectivity index (χ4n) is 3.01. The summed E-state index contributed by atoms with van der Waals surface area (Å²) in [5.41, 5.74) is 8.72. The molecule has 0 aliphatic rings. The summed E-state index contributed by atoms with van der Waals surface area (Å²) in [7, 11) is 5.93. The van der Waals surface area contributed by atoms with E-state index in [1.807, 2.05) is 36.4 Å². The highest BCUT2D eigenvalue weighted by atomic mass is 16.2. The smallest absolute Gasteiger partial charge is 0.241 e. The van der Waals surface area contributed by atoms with Crippen LogP contribution in [0.4, 0.5) is 23.1 Å². The van der Waals surface area contributed by atoms with Gasteiger partial charge in [-0.1, -0.05) is 36.4 Å². The topological polar surface area (TPSA) is 134 Å². The number of nitrogens with two attached hydrogens (primary N) is 1. The molecule has 9 nitrogen and oxygen atoms in total. The lowest BCUT2D eigenvalue weighted by atomic mass is 9.99. The second-order valence-corrected chi connectivity index (χ2v) is 7.40. The summed E-state index contributed by atoms with van der Waals surface area (Å²) in [6.07, 6.45) is 1.94. The van der Waals surface area contributed by atoms with Crippen molar-refractivity contribution < 1.29 is 9.59 Å². The Morgan fingerprint density at radius 2 is 1.82 bits per heavy atom. The Balaban J connectivity index is 1.59. The maximum Gasteiger partial charge on any atom is 0.241 e. The van der Waals surface area contributed by atoms with Crippen LogP contribution < -0.4 is 32.5 Å². The summed E-state index contributed by atoms with van der Waals surface area (Å²) in [5.74, 6) is 0.401. The maximum absolute atomic E-state index is 12.5. The molecule has 0 fully saturated rings. The number of nitrogens with one attached hydrogen (secondary N) is 4. The Hall–Kier alpha value is -3.92. The van der Waals surface area contributed by atoms with E-state index in [1.165, 1.54) is 13.1 Å². The zero-order chi connectivity index (χ0) is 23.6. The molecule has 0 saturated carbocycles. The number of nitrogens with zero attached hydrogens (tertiary/aromatic N) is 2. The van der Waals surface area contributed by atoms with E-state index >= 15 is 0 Å². The van der Waals surface area contributed by atoms with Crippen molar-refractivity contribution in [3.63, 3.8) is 0 Å². The van der Waals surface area contributed by atoms with Crippen LogP contribution in [0.15, 0.2) is 60.8 Å². The van der Waals surface area contributed by atoms with Gasteiger partial charge in [0.25, 0.3) is 0 Å². The van der Waals surface area contributed by atoms with Crippen LogP contribution in [0.2, 0.25) is 0 Å². The molecule has 0 aliphatic heterocycles. The molecule has 33 heavy (non-hydrogen) atoms. The Morgan fingerprint density at radius 1 is 1.06 bits per heavy atom. The summed E-state index contributed by atoms with van der Waals surface area (Å²) >= 11 is 0. The van der Waals surface area contributed by atoms with Crippen molar-refractivity contribution in [3.05, 3.63) is 66.4 Å². The fourth-order valence-corrected chi connectivity index (χ4v) is 3.01. The molecule has 168 valence electrons. The Labute approximate surface area is 194 Å². The molecule has 0 spiro atoms. The summed E-state index contributed by atoms with van der Waals surface area (Å²) in [6.45, 7) is 2.36. The predicted molar refractivity (Wildman–Crippen MR) is 131 cm³/mol. The number of carbonyl (C=O) groups is 2. The monoisotopic (exact) mass is 443 g/mol. The van der Waals surface area contributed by atoms with Crippen molar-refractivity contribution in [1.82, 2.24) is 15.3 Å². The number of anilines is 4. The molecule has 6 N–H and O–H groups in total. The second-order valence-electron chi connectivity index (χ2n) is 7.40. The van der Waals surface area contributed by atoms with E-state index in [0.29, 0.717) is 48.1 Å². The Bertz CT molecular complexity index is 1100. The standard InChI is InChI=1S/C23H26BN7O2/c1-15(32)26-10-11-27-21-19(24)14-28-23(31-21)30-18-9-5-8-17(13-18)29-22(33)20(25)12-16-6-3-2-4-7-16/h2-9,13-14,20H,10-12,25H2,1H3,(H,26,32)(H,29,33)(H2,27,28,30,31). The number of hydrogen-bond acceptors (Lipinski definition) is 7. The summed E-state index contributed by atoms with van der Waals surface area (Å²) in [4.78, 5) is 32.0. The maximum atomic E-state index is 12.5. The minimum absolute atomic E-state index is 0.109. The Kier molecular flexibility index (Phi) is 8.37. The average Bonchev–Trinajstić information content (AvgIpc) is 2.79. The van der Waals surface area contributed by atoms with Crippen molar-refractivity contribution in [2.24, 2.45) is 5.73 Å². The molecule has 1 heterocycles. The minimum Gasteiger partial charge on any atom is -0.369 e. The van der Waals surface area contributed by atoms with Crippen LogP contribution in [0, 0.1) is 0 Å². The number of rotatable bonds is 10. The molecule has 1 atom stereocenters. The third kappa shape index (κ3) is 7.62. The number of benzene rings is 2. The lowest BCUT2D eigenvalue weighted by Gasteiger charge is -2.14. The highest BCUT2D eigenvalue weighted by Crippen LogP contribution is 2.19. The van der Waals surface area contributed by atoms with Gasteiger partial charge in [-0.2, -0.15) is 4.98 Å². The lowest BCUT2D eigenvalue weighted by molar-refractivity contribution is -0.119. The van der Waals surface area contributed by atoms with Crippen LogP contribution >= 0.6 is 0 Å². The van der Waals surface area contributed by atoms with Gasteiger partial charge < -0.3 is 27.0 Å². The van der Waals surface area contributed by atoms with Gasteiger partial charge in [-0.15, -0.1) is 0 Å². The quantitative estimate of drug-likeness (QED) is 0.234. The zero-order valence-electron chi connectivity index (χ0n) is 18.3. The van der Waals surface area contributed by atoms with Crippen molar-refractivity contribution in [2.75, 3.05) is 29.0 Å². The second kappa shape index (κ2) is 11.6. The molecule has 10 heteroatoms. The number of hydrogen-bond donors (Lipinski definition) is 5. The van der Waals surface area contributed by atoms with Gasteiger partial charge in [0.1, 0.15) is 13.7 Å². The summed E-state index contributed by atoms with van der Waals surface area (Å²) < 4.78 is 0. The first-order valence-corrected chi connectivity index (χ1v) is 10.5. The predicted octanol–water partition coefficient (Wildman–Crippen LogP) is 1.07. The molecular weight excluding hydrogens is 417 g/mol. The minimum atomic E-state index is -0.671. The highest BCUT2D eigenvalue weighted by Gasteiger charge is 2.14. The van der Waals surface area contributed by atoms with E-state index in [0.717, 1.165) is 5.56 Å². The van der Waals surface area contributed by atoms with Crippen molar-refractivity contribution in [2.45, 2.75) is 19.4 Å². The third-order valence-electron chi connectivity index (χ3n) is 4.63. The van der Waals surface area contributed by atoms with Gasteiger partial charge in [-0.05, 0) is 35.6 Å². The van der Waals surface area contributed by atoms with E-state index in [2.05, 4.69) is 31.2 Å². The summed E-state index contributed by atoms with van der Waals surface area (Å²) in [6, 6.07) is 16.1. The van der Waals surface area contributed by atoms with Gasteiger partial charge in [-0.25, -0.2) is 4.98 Å². The molecule has 2 amide bonds. The highest BCUT2D eigenvalue weighted by molar-refractivity contribution is 6.35. The molecule has 1 aromatic heterocycles. The van der Waals surface area contributed by atoms with Crippen LogP contribution in [-0.4, -0.2) is 48.8 Å². The molecule has 2 radical (unpaired) electrons. The average molecular weight is 443 g/mol. The van der Waals surface area contributed by atoms with Gasteiger partial charge in [0.15, 0.2) is 0 Å². The van der Waals surface area contributed by atoms with Crippen LogP contribution in [-0.2, 0) is 16.0 Å². The van der Waals surface area contributed by atoms with Gasteiger partial charge >= 0.3 is 0 Å². The van der Waals surface area contributed by atoms with Crippen LogP contribution in [0.25, 0.3) is 0 Å². The summed E-state index contributed by atoms with van der Waals surface area (Å²) in [5, 5.41) is 11.7. The molecule has 0 aliphatic carbocycles. The van der Waals surface area contributed by atoms with Crippen LogP contribution in [0.1, 0.15) is 12.5 Å². The molecular formula is C23H26BN7O2.